The van der Waals surface area contributed by atoms with Crippen molar-refractivity contribution in [3.05, 3.63) is 68.7 Å². The van der Waals surface area contributed by atoms with E-state index in [-0.39, 0.29) is 16.3 Å². The molecule has 2 aromatic carbocycles. The minimum Gasteiger partial charge on any atom is -0.322 e. The second kappa shape index (κ2) is 5.71. The number of aryl methyl sites for hydroxylation is 1. The summed E-state index contributed by atoms with van der Waals surface area (Å²) in [4.78, 5) is 22.2. The van der Waals surface area contributed by atoms with Crippen molar-refractivity contribution in [3.63, 3.8) is 0 Å². The predicted molar refractivity (Wildman–Crippen MR) is 77.2 cm³/mol. The van der Waals surface area contributed by atoms with E-state index in [1.165, 1.54) is 12.1 Å². The topological polar surface area (TPSA) is 72.2 Å². The highest BCUT2D eigenvalue weighted by molar-refractivity contribution is 6.32. The molecule has 0 aliphatic heterocycles. The SMILES string of the molecule is Cc1cccc(NC(=O)c2ccc(Cl)c([N+](=O)[O-])c2)c1. The quantitative estimate of drug-likeness (QED) is 0.690. The van der Waals surface area contributed by atoms with Crippen LogP contribution in [0.5, 0.6) is 0 Å². The van der Waals surface area contributed by atoms with E-state index < -0.39 is 10.8 Å². The maximum atomic E-state index is 12.0. The Morgan fingerprint density at radius 3 is 2.65 bits per heavy atom. The first-order valence-electron chi connectivity index (χ1n) is 5.79. The van der Waals surface area contributed by atoms with Gasteiger partial charge in [-0.15, -0.1) is 0 Å². The number of amides is 1. The molecule has 2 rings (SSSR count). The van der Waals surface area contributed by atoms with E-state index in [0.29, 0.717) is 5.69 Å². The number of anilines is 1. The van der Waals surface area contributed by atoms with E-state index in [2.05, 4.69) is 5.32 Å². The summed E-state index contributed by atoms with van der Waals surface area (Å²) in [7, 11) is 0. The van der Waals surface area contributed by atoms with Crippen molar-refractivity contribution in [1.82, 2.24) is 0 Å². The minimum atomic E-state index is -0.619. The summed E-state index contributed by atoms with van der Waals surface area (Å²) < 4.78 is 0. The number of benzene rings is 2. The number of nitro benzene ring substituents is 1. The van der Waals surface area contributed by atoms with Gasteiger partial charge in [-0.25, -0.2) is 0 Å². The lowest BCUT2D eigenvalue weighted by molar-refractivity contribution is -0.384. The normalized spacial score (nSPS) is 10.1. The number of nitrogens with zero attached hydrogens (tertiary/aromatic N) is 1. The highest BCUT2D eigenvalue weighted by atomic mass is 35.5. The molecule has 0 fully saturated rings. The third-order valence-electron chi connectivity index (χ3n) is 2.68. The van der Waals surface area contributed by atoms with Gasteiger partial charge in [0.25, 0.3) is 11.6 Å². The van der Waals surface area contributed by atoms with Gasteiger partial charge >= 0.3 is 0 Å². The van der Waals surface area contributed by atoms with Crippen LogP contribution in [0.1, 0.15) is 15.9 Å². The van der Waals surface area contributed by atoms with Crippen LogP contribution in [0.2, 0.25) is 5.02 Å². The number of hydrogen-bond acceptors (Lipinski definition) is 3. The van der Waals surface area contributed by atoms with Gasteiger partial charge in [-0.05, 0) is 36.8 Å². The lowest BCUT2D eigenvalue weighted by atomic mass is 10.1. The Morgan fingerprint density at radius 2 is 2.00 bits per heavy atom. The van der Waals surface area contributed by atoms with Gasteiger partial charge in [-0.1, -0.05) is 23.7 Å². The van der Waals surface area contributed by atoms with Crippen LogP contribution in [0.25, 0.3) is 0 Å². The van der Waals surface area contributed by atoms with E-state index >= 15 is 0 Å². The third-order valence-corrected chi connectivity index (χ3v) is 3.00. The van der Waals surface area contributed by atoms with Crippen LogP contribution >= 0.6 is 11.6 Å². The Labute approximate surface area is 120 Å². The molecular weight excluding hydrogens is 280 g/mol. The molecule has 1 amide bonds. The van der Waals surface area contributed by atoms with Crippen molar-refractivity contribution in [3.8, 4) is 0 Å². The Morgan fingerprint density at radius 1 is 1.25 bits per heavy atom. The van der Waals surface area contributed by atoms with Gasteiger partial charge in [0.2, 0.25) is 0 Å². The highest BCUT2D eigenvalue weighted by Gasteiger charge is 2.16. The molecular formula is C14H11ClN2O3. The number of carbonyl (C=O) groups is 1. The minimum absolute atomic E-state index is 0.00195. The molecule has 0 bridgehead atoms. The van der Waals surface area contributed by atoms with Crippen LogP contribution < -0.4 is 5.32 Å². The van der Waals surface area contributed by atoms with Crippen LogP contribution in [0.4, 0.5) is 11.4 Å². The van der Waals surface area contributed by atoms with E-state index in [4.69, 9.17) is 11.6 Å². The fourth-order valence-corrected chi connectivity index (χ4v) is 1.91. The molecule has 6 heteroatoms. The van der Waals surface area contributed by atoms with Crippen LogP contribution in [-0.2, 0) is 0 Å². The van der Waals surface area contributed by atoms with Crippen molar-refractivity contribution < 1.29 is 9.72 Å². The molecule has 0 atom stereocenters. The van der Waals surface area contributed by atoms with E-state index in [9.17, 15) is 14.9 Å². The Balaban J connectivity index is 2.26. The maximum absolute atomic E-state index is 12.0. The average molecular weight is 291 g/mol. The molecule has 0 saturated carbocycles. The number of halogens is 1. The first-order valence-corrected chi connectivity index (χ1v) is 6.17. The Bertz CT molecular complexity index is 686. The molecule has 2 aromatic rings. The molecule has 0 radical (unpaired) electrons. The number of carbonyl (C=O) groups excluding carboxylic acids is 1. The molecule has 0 saturated heterocycles. The zero-order chi connectivity index (χ0) is 14.7. The largest absolute Gasteiger partial charge is 0.322 e. The summed E-state index contributed by atoms with van der Waals surface area (Å²) in [5.74, 6) is -0.421. The average Bonchev–Trinajstić information content (AvgIpc) is 2.38. The lowest BCUT2D eigenvalue weighted by Crippen LogP contribution is -2.12. The number of nitrogens with one attached hydrogen (secondary N) is 1. The molecule has 20 heavy (non-hydrogen) atoms. The first kappa shape index (κ1) is 14.0. The second-order valence-electron chi connectivity index (χ2n) is 4.25. The summed E-state index contributed by atoms with van der Waals surface area (Å²) in [5, 5.41) is 13.5. The number of rotatable bonds is 3. The van der Waals surface area contributed by atoms with Crippen molar-refractivity contribution in [2.45, 2.75) is 6.92 Å². The summed E-state index contributed by atoms with van der Waals surface area (Å²) in [6.07, 6.45) is 0. The van der Waals surface area contributed by atoms with E-state index in [0.717, 1.165) is 11.6 Å². The third kappa shape index (κ3) is 3.13. The number of nitro groups is 1. The van der Waals surface area contributed by atoms with Gasteiger partial charge in [0.05, 0.1) is 4.92 Å². The van der Waals surface area contributed by atoms with Gasteiger partial charge in [0.1, 0.15) is 5.02 Å². The maximum Gasteiger partial charge on any atom is 0.288 e. The molecule has 1 N–H and O–H groups in total. The monoisotopic (exact) mass is 290 g/mol. The molecule has 5 nitrogen and oxygen atoms in total. The van der Waals surface area contributed by atoms with Gasteiger partial charge in [-0.3, -0.25) is 14.9 Å². The molecule has 0 heterocycles. The van der Waals surface area contributed by atoms with Gasteiger partial charge in [0, 0.05) is 17.3 Å². The number of hydrogen-bond donors (Lipinski definition) is 1. The Kier molecular flexibility index (Phi) is 4.00. The summed E-state index contributed by atoms with van der Waals surface area (Å²) >= 11 is 5.70. The molecule has 102 valence electrons. The van der Waals surface area contributed by atoms with Crippen molar-refractivity contribution in [2.24, 2.45) is 0 Å². The zero-order valence-corrected chi connectivity index (χ0v) is 11.3. The molecule has 0 unspecified atom stereocenters. The van der Waals surface area contributed by atoms with Gasteiger partial charge < -0.3 is 5.32 Å². The highest BCUT2D eigenvalue weighted by Crippen LogP contribution is 2.25. The zero-order valence-electron chi connectivity index (χ0n) is 10.6. The first-order chi connectivity index (χ1) is 9.47. The molecule has 0 spiro atoms. The second-order valence-corrected chi connectivity index (χ2v) is 4.65. The summed E-state index contributed by atoms with van der Waals surface area (Å²) in [6, 6.07) is 11.2. The van der Waals surface area contributed by atoms with E-state index in [1.807, 2.05) is 25.1 Å². The van der Waals surface area contributed by atoms with Crippen molar-refractivity contribution in [2.75, 3.05) is 5.32 Å². The molecule has 0 aliphatic rings. The van der Waals surface area contributed by atoms with Gasteiger partial charge in [0.15, 0.2) is 0 Å². The van der Waals surface area contributed by atoms with Crippen LogP contribution in [0.3, 0.4) is 0 Å². The Hall–Kier alpha value is -2.40. The van der Waals surface area contributed by atoms with Crippen LogP contribution in [0.15, 0.2) is 42.5 Å². The molecule has 0 aromatic heterocycles. The summed E-state index contributed by atoms with van der Waals surface area (Å²) in [6.45, 7) is 1.91. The molecule has 0 aliphatic carbocycles. The van der Waals surface area contributed by atoms with E-state index in [1.54, 1.807) is 6.07 Å². The van der Waals surface area contributed by atoms with Crippen LogP contribution in [0, 0.1) is 17.0 Å². The predicted octanol–water partition coefficient (Wildman–Crippen LogP) is 3.81. The van der Waals surface area contributed by atoms with Crippen molar-refractivity contribution >= 4 is 28.9 Å². The fourth-order valence-electron chi connectivity index (χ4n) is 1.72. The summed E-state index contributed by atoms with van der Waals surface area (Å²) in [5.41, 5.74) is 1.53. The fraction of sp³-hybridized carbons (Fsp3) is 0.0714. The standard InChI is InChI=1S/C14H11ClN2O3/c1-9-3-2-4-11(7-9)16-14(18)10-5-6-12(15)13(8-10)17(19)20/h2-8H,1H3,(H,16,18). The smallest absolute Gasteiger partial charge is 0.288 e. The van der Waals surface area contributed by atoms with Crippen LogP contribution in [-0.4, -0.2) is 10.8 Å². The lowest BCUT2D eigenvalue weighted by Gasteiger charge is -2.06. The van der Waals surface area contributed by atoms with Gasteiger partial charge in [-0.2, -0.15) is 0 Å². The van der Waals surface area contributed by atoms with Crippen molar-refractivity contribution in [1.29, 1.82) is 0 Å².